The summed E-state index contributed by atoms with van der Waals surface area (Å²) < 4.78 is 5.27. The largest absolute Gasteiger partial charge is 0.361 e. The lowest BCUT2D eigenvalue weighted by atomic mass is 10.1. The van der Waals surface area contributed by atoms with E-state index < -0.39 is 0 Å². The van der Waals surface area contributed by atoms with Gasteiger partial charge in [0.1, 0.15) is 12.4 Å². The summed E-state index contributed by atoms with van der Waals surface area (Å²) in [6.07, 6.45) is 0. The van der Waals surface area contributed by atoms with Crippen LogP contribution in [0.4, 0.5) is 11.4 Å². The third kappa shape index (κ3) is 3.72. The number of aliphatic imine (C=N–C) groups is 1. The van der Waals surface area contributed by atoms with Crippen LogP contribution in [0.5, 0.6) is 0 Å². The molecule has 4 rings (SSSR count). The average molecular weight is 402 g/mol. The van der Waals surface area contributed by atoms with E-state index >= 15 is 0 Å². The van der Waals surface area contributed by atoms with Crippen molar-refractivity contribution in [2.24, 2.45) is 4.99 Å². The van der Waals surface area contributed by atoms with Gasteiger partial charge >= 0.3 is 0 Å². The minimum Gasteiger partial charge on any atom is -0.361 e. The number of aromatic nitrogens is 1. The van der Waals surface area contributed by atoms with E-state index in [1.54, 1.807) is 18.2 Å². The molecular formula is C20H17Cl2N3O2. The van der Waals surface area contributed by atoms with E-state index in [0.717, 1.165) is 34.0 Å². The van der Waals surface area contributed by atoms with E-state index in [9.17, 15) is 0 Å². The van der Waals surface area contributed by atoms with E-state index in [4.69, 9.17) is 37.6 Å². The predicted octanol–water partition coefficient (Wildman–Crippen LogP) is 5.67. The molecule has 0 saturated carbocycles. The average Bonchev–Trinajstić information content (AvgIpc) is 2.95. The van der Waals surface area contributed by atoms with Gasteiger partial charge in [-0.15, -0.1) is 0 Å². The number of hydrogen-bond donors (Lipinski definition) is 0. The standard InChI is InChI=1S/C20H17Cl2N3O2/c1-12-18(13(2)27-24-12)10-25-20-6-4-3-5-17(20)19(11-26-25)23-16-8-14(21)7-15(22)9-16/h3-9H,10-11H2,1-2H3. The molecule has 0 N–H and O–H groups in total. The molecule has 1 aliphatic rings. The van der Waals surface area contributed by atoms with E-state index in [0.29, 0.717) is 28.9 Å². The number of hydroxylamine groups is 1. The van der Waals surface area contributed by atoms with Crippen molar-refractivity contribution >= 4 is 40.3 Å². The molecule has 0 spiro atoms. The Morgan fingerprint density at radius 3 is 2.56 bits per heavy atom. The molecule has 1 aromatic heterocycles. The molecule has 1 aliphatic heterocycles. The van der Waals surface area contributed by atoms with Gasteiger partial charge in [0.25, 0.3) is 0 Å². The lowest BCUT2D eigenvalue weighted by Gasteiger charge is -2.31. The van der Waals surface area contributed by atoms with Crippen LogP contribution < -0.4 is 5.06 Å². The van der Waals surface area contributed by atoms with Crippen LogP contribution in [0.3, 0.4) is 0 Å². The van der Waals surface area contributed by atoms with Crippen LogP contribution in [0.1, 0.15) is 22.6 Å². The monoisotopic (exact) mass is 401 g/mol. The first-order valence-electron chi connectivity index (χ1n) is 8.46. The van der Waals surface area contributed by atoms with Crippen LogP contribution in [0, 0.1) is 13.8 Å². The second-order valence-electron chi connectivity index (χ2n) is 6.32. The zero-order valence-electron chi connectivity index (χ0n) is 14.9. The quantitative estimate of drug-likeness (QED) is 0.566. The number of para-hydroxylation sites is 1. The van der Waals surface area contributed by atoms with E-state index in [1.165, 1.54) is 0 Å². The SMILES string of the molecule is Cc1noc(C)c1CN1OCC(=Nc2cc(Cl)cc(Cl)c2)c2ccccc21. The topological polar surface area (TPSA) is 50.9 Å². The van der Waals surface area contributed by atoms with Crippen molar-refractivity contribution in [3.63, 3.8) is 0 Å². The number of nitrogens with zero attached hydrogens (tertiary/aromatic N) is 3. The number of halogens is 2. The first-order chi connectivity index (χ1) is 13.0. The molecule has 27 heavy (non-hydrogen) atoms. The van der Waals surface area contributed by atoms with Gasteiger partial charge in [-0.25, -0.2) is 5.06 Å². The molecular weight excluding hydrogens is 385 g/mol. The number of benzene rings is 2. The zero-order chi connectivity index (χ0) is 19.0. The van der Waals surface area contributed by atoms with Crippen LogP contribution in [-0.4, -0.2) is 17.5 Å². The summed E-state index contributed by atoms with van der Waals surface area (Å²) in [5.74, 6) is 0.793. The summed E-state index contributed by atoms with van der Waals surface area (Å²) in [4.78, 5) is 10.7. The Balaban J connectivity index is 1.70. The van der Waals surface area contributed by atoms with Crippen molar-refractivity contribution in [2.75, 3.05) is 11.7 Å². The molecule has 138 valence electrons. The summed E-state index contributed by atoms with van der Waals surface area (Å²) in [5.41, 5.74) is 5.34. The first-order valence-corrected chi connectivity index (χ1v) is 9.22. The number of hydrogen-bond acceptors (Lipinski definition) is 5. The molecule has 3 aromatic rings. The molecule has 0 radical (unpaired) electrons. The van der Waals surface area contributed by atoms with Crippen molar-refractivity contribution in [1.29, 1.82) is 0 Å². The fraction of sp³-hybridized carbons (Fsp3) is 0.200. The number of aryl methyl sites for hydroxylation is 2. The van der Waals surface area contributed by atoms with E-state index in [-0.39, 0.29) is 0 Å². The molecule has 2 aromatic carbocycles. The summed E-state index contributed by atoms with van der Waals surface area (Å²) in [7, 11) is 0. The third-order valence-corrected chi connectivity index (χ3v) is 4.87. The fourth-order valence-corrected chi connectivity index (χ4v) is 3.59. The van der Waals surface area contributed by atoms with Gasteiger partial charge in [0.05, 0.1) is 29.3 Å². The predicted molar refractivity (Wildman–Crippen MR) is 107 cm³/mol. The molecule has 5 nitrogen and oxygen atoms in total. The normalized spacial score (nSPS) is 15.3. The lowest BCUT2D eigenvalue weighted by molar-refractivity contribution is 0.133. The maximum Gasteiger partial charge on any atom is 0.138 e. The highest BCUT2D eigenvalue weighted by atomic mass is 35.5. The molecule has 0 atom stereocenters. The molecule has 0 bridgehead atoms. The molecule has 0 unspecified atom stereocenters. The minimum atomic E-state index is 0.338. The second-order valence-corrected chi connectivity index (χ2v) is 7.19. The van der Waals surface area contributed by atoms with Crippen LogP contribution in [-0.2, 0) is 11.4 Å². The summed E-state index contributed by atoms with van der Waals surface area (Å²) in [5, 5.41) is 6.97. The maximum absolute atomic E-state index is 6.09. The highest BCUT2D eigenvalue weighted by molar-refractivity contribution is 6.35. The van der Waals surface area contributed by atoms with Gasteiger partial charge in [0, 0.05) is 21.2 Å². The van der Waals surface area contributed by atoms with E-state index in [2.05, 4.69) is 5.16 Å². The minimum absolute atomic E-state index is 0.338. The van der Waals surface area contributed by atoms with Crippen LogP contribution in [0.2, 0.25) is 10.0 Å². The van der Waals surface area contributed by atoms with Gasteiger partial charge in [0.15, 0.2) is 0 Å². The van der Waals surface area contributed by atoms with Gasteiger partial charge in [-0.2, -0.15) is 0 Å². The van der Waals surface area contributed by atoms with E-state index in [1.807, 2.05) is 43.2 Å². The number of fused-ring (bicyclic) bond motifs is 1. The highest BCUT2D eigenvalue weighted by Crippen LogP contribution is 2.31. The van der Waals surface area contributed by atoms with Crippen molar-refractivity contribution < 1.29 is 9.36 Å². The summed E-state index contributed by atoms with van der Waals surface area (Å²) >= 11 is 12.2. The van der Waals surface area contributed by atoms with Gasteiger partial charge in [-0.05, 0) is 38.1 Å². The van der Waals surface area contributed by atoms with Crippen molar-refractivity contribution in [2.45, 2.75) is 20.4 Å². The molecule has 7 heteroatoms. The summed E-state index contributed by atoms with van der Waals surface area (Å²) in [6, 6.07) is 13.2. The molecule has 0 aliphatic carbocycles. The van der Waals surface area contributed by atoms with Crippen molar-refractivity contribution in [1.82, 2.24) is 5.16 Å². The Kier molecular flexibility index (Phi) is 4.91. The van der Waals surface area contributed by atoms with Crippen molar-refractivity contribution in [3.8, 4) is 0 Å². The van der Waals surface area contributed by atoms with Gasteiger partial charge in [-0.3, -0.25) is 9.83 Å². The van der Waals surface area contributed by atoms with Gasteiger partial charge in [-0.1, -0.05) is 46.6 Å². The fourth-order valence-electron chi connectivity index (χ4n) is 3.08. The molecule has 0 saturated heterocycles. The van der Waals surface area contributed by atoms with Crippen LogP contribution in [0.25, 0.3) is 0 Å². The Bertz CT molecular complexity index is 990. The van der Waals surface area contributed by atoms with Crippen LogP contribution in [0.15, 0.2) is 52.0 Å². The molecule has 0 amide bonds. The Hall–Kier alpha value is -2.34. The van der Waals surface area contributed by atoms with Crippen LogP contribution >= 0.6 is 23.2 Å². The smallest absolute Gasteiger partial charge is 0.138 e. The third-order valence-electron chi connectivity index (χ3n) is 4.44. The molecule has 2 heterocycles. The maximum atomic E-state index is 6.09. The Morgan fingerprint density at radius 2 is 1.85 bits per heavy atom. The first kappa shape index (κ1) is 18.0. The Morgan fingerprint density at radius 1 is 1.11 bits per heavy atom. The molecule has 0 fully saturated rings. The highest BCUT2D eigenvalue weighted by Gasteiger charge is 2.24. The summed E-state index contributed by atoms with van der Waals surface area (Å²) in [6.45, 7) is 4.72. The Labute approximate surface area is 167 Å². The van der Waals surface area contributed by atoms with Crippen molar-refractivity contribution in [3.05, 3.63) is 75.1 Å². The number of anilines is 1. The van der Waals surface area contributed by atoms with Gasteiger partial charge < -0.3 is 4.52 Å². The zero-order valence-corrected chi connectivity index (χ0v) is 16.4. The second kappa shape index (κ2) is 7.35. The van der Waals surface area contributed by atoms with Gasteiger partial charge in [0.2, 0.25) is 0 Å². The lowest BCUT2D eigenvalue weighted by Crippen LogP contribution is -2.33. The number of rotatable bonds is 3.